The van der Waals surface area contributed by atoms with Crippen LogP contribution in [0.3, 0.4) is 0 Å². The molecule has 1 nitrogen and oxygen atoms in total. The maximum absolute atomic E-state index is 12.9. The van der Waals surface area contributed by atoms with Crippen LogP contribution in [0, 0.1) is 5.82 Å². The van der Waals surface area contributed by atoms with Gasteiger partial charge in [0.15, 0.2) is 0 Å². The summed E-state index contributed by atoms with van der Waals surface area (Å²) < 4.78 is 19.6. The highest BCUT2D eigenvalue weighted by atomic mass is 79.9. The van der Waals surface area contributed by atoms with Crippen LogP contribution in [0.2, 0.25) is 0 Å². The van der Waals surface area contributed by atoms with Gasteiger partial charge in [0.1, 0.15) is 11.6 Å². The summed E-state index contributed by atoms with van der Waals surface area (Å²) in [6, 6.07) is 12.6. The minimum Gasteiger partial charge on any atom is -0.494 e. The highest BCUT2D eigenvalue weighted by Crippen LogP contribution is 2.35. The Morgan fingerprint density at radius 1 is 1.15 bits per heavy atom. The molecule has 2 rings (SSSR count). The first-order valence-electron chi connectivity index (χ1n) is 6.41. The Labute approximate surface area is 135 Å². The van der Waals surface area contributed by atoms with Crippen LogP contribution in [-0.4, -0.2) is 6.61 Å². The zero-order valence-electron chi connectivity index (χ0n) is 11.1. The monoisotopic (exact) mass is 400 g/mol. The average Bonchev–Trinajstić information content (AvgIpc) is 2.43. The van der Waals surface area contributed by atoms with Crippen LogP contribution in [0.5, 0.6) is 5.75 Å². The van der Waals surface area contributed by atoms with Gasteiger partial charge >= 0.3 is 0 Å². The molecule has 2 aromatic rings. The fourth-order valence-electron chi connectivity index (χ4n) is 1.99. The normalized spacial score (nSPS) is 12.2. The molecule has 0 aromatic heterocycles. The minimum absolute atomic E-state index is 0.118. The van der Waals surface area contributed by atoms with Gasteiger partial charge in [-0.25, -0.2) is 4.39 Å². The number of rotatable bonds is 5. The van der Waals surface area contributed by atoms with Crippen molar-refractivity contribution in [2.24, 2.45) is 0 Å². The second-order valence-corrected chi connectivity index (χ2v) is 6.43. The van der Waals surface area contributed by atoms with E-state index in [1.807, 2.05) is 37.3 Å². The van der Waals surface area contributed by atoms with Crippen molar-refractivity contribution in [1.29, 1.82) is 0 Å². The van der Waals surface area contributed by atoms with Crippen LogP contribution in [-0.2, 0) is 6.42 Å². The van der Waals surface area contributed by atoms with Gasteiger partial charge in [-0.3, -0.25) is 0 Å². The number of hydrogen-bond acceptors (Lipinski definition) is 1. The molecule has 0 aliphatic rings. The first-order chi connectivity index (χ1) is 9.60. The molecule has 0 spiro atoms. The Morgan fingerprint density at radius 3 is 2.50 bits per heavy atom. The second-order valence-electron chi connectivity index (χ2n) is 4.41. The summed E-state index contributed by atoms with van der Waals surface area (Å²) in [5, 5.41) is 0. The number of alkyl halides is 1. The summed E-state index contributed by atoms with van der Waals surface area (Å²) in [5.74, 6) is 0.664. The zero-order valence-corrected chi connectivity index (χ0v) is 14.2. The molecule has 0 aliphatic heterocycles. The van der Waals surface area contributed by atoms with E-state index in [1.54, 1.807) is 0 Å². The summed E-state index contributed by atoms with van der Waals surface area (Å²) in [4.78, 5) is 0.118. The van der Waals surface area contributed by atoms with Crippen molar-refractivity contribution in [3.05, 3.63) is 63.9 Å². The van der Waals surface area contributed by atoms with E-state index in [1.165, 1.54) is 12.1 Å². The first-order valence-corrected chi connectivity index (χ1v) is 8.11. The van der Waals surface area contributed by atoms with Crippen molar-refractivity contribution < 1.29 is 9.13 Å². The Balaban J connectivity index is 2.21. The van der Waals surface area contributed by atoms with Gasteiger partial charge in [-0.15, -0.1) is 0 Å². The van der Waals surface area contributed by atoms with Gasteiger partial charge < -0.3 is 4.74 Å². The van der Waals surface area contributed by atoms with Gasteiger partial charge in [0.05, 0.1) is 6.61 Å². The summed E-state index contributed by atoms with van der Waals surface area (Å²) in [5.41, 5.74) is 2.17. The molecule has 1 atom stereocenters. The van der Waals surface area contributed by atoms with E-state index in [0.717, 1.165) is 27.8 Å². The van der Waals surface area contributed by atoms with Gasteiger partial charge in [-0.05, 0) is 49.2 Å². The molecule has 20 heavy (non-hydrogen) atoms. The molecule has 0 amide bonds. The van der Waals surface area contributed by atoms with Crippen LogP contribution in [0.25, 0.3) is 0 Å². The minimum atomic E-state index is -0.211. The lowest BCUT2D eigenvalue weighted by atomic mass is 10.0. The van der Waals surface area contributed by atoms with Crippen LogP contribution < -0.4 is 4.74 Å². The molecule has 0 aliphatic carbocycles. The molecule has 106 valence electrons. The Morgan fingerprint density at radius 2 is 1.85 bits per heavy atom. The third-order valence-corrected chi connectivity index (χ3v) is 4.25. The van der Waals surface area contributed by atoms with E-state index in [2.05, 4.69) is 31.9 Å². The lowest BCUT2D eigenvalue weighted by Crippen LogP contribution is -2.01. The van der Waals surface area contributed by atoms with Crippen molar-refractivity contribution in [2.75, 3.05) is 6.61 Å². The highest BCUT2D eigenvalue weighted by molar-refractivity contribution is 9.10. The molecular formula is C16H15Br2FO. The maximum Gasteiger partial charge on any atom is 0.123 e. The van der Waals surface area contributed by atoms with Crippen LogP contribution in [0.15, 0.2) is 46.9 Å². The summed E-state index contributed by atoms with van der Waals surface area (Å²) in [7, 11) is 0. The number of ether oxygens (including phenoxy) is 1. The van der Waals surface area contributed by atoms with E-state index in [9.17, 15) is 4.39 Å². The molecule has 0 saturated heterocycles. The van der Waals surface area contributed by atoms with Gasteiger partial charge in [0.2, 0.25) is 0 Å². The highest BCUT2D eigenvalue weighted by Gasteiger charge is 2.14. The van der Waals surface area contributed by atoms with Crippen LogP contribution in [0.1, 0.15) is 22.9 Å². The van der Waals surface area contributed by atoms with Crippen LogP contribution >= 0.6 is 31.9 Å². The smallest absolute Gasteiger partial charge is 0.123 e. The average molecular weight is 402 g/mol. The molecule has 0 saturated carbocycles. The van der Waals surface area contributed by atoms with Crippen LogP contribution in [0.4, 0.5) is 4.39 Å². The van der Waals surface area contributed by atoms with Gasteiger partial charge in [0.25, 0.3) is 0 Å². The van der Waals surface area contributed by atoms with E-state index < -0.39 is 0 Å². The number of benzene rings is 2. The fourth-order valence-corrected chi connectivity index (χ4v) is 3.10. The molecule has 0 bridgehead atoms. The Bertz CT molecular complexity index is 569. The zero-order chi connectivity index (χ0) is 14.5. The van der Waals surface area contributed by atoms with E-state index in [0.29, 0.717) is 6.61 Å². The summed E-state index contributed by atoms with van der Waals surface area (Å²) in [6.07, 6.45) is 0.775. The van der Waals surface area contributed by atoms with E-state index in [4.69, 9.17) is 4.74 Å². The van der Waals surface area contributed by atoms with E-state index in [-0.39, 0.29) is 10.6 Å². The molecule has 0 heterocycles. The molecule has 4 heteroatoms. The predicted octanol–water partition coefficient (Wildman–Crippen LogP) is 5.67. The lowest BCUT2D eigenvalue weighted by molar-refractivity contribution is 0.336. The van der Waals surface area contributed by atoms with Gasteiger partial charge in [-0.2, -0.15) is 0 Å². The van der Waals surface area contributed by atoms with Crippen molar-refractivity contribution in [3.63, 3.8) is 0 Å². The van der Waals surface area contributed by atoms with Crippen molar-refractivity contribution in [2.45, 2.75) is 18.2 Å². The van der Waals surface area contributed by atoms with E-state index >= 15 is 0 Å². The molecular weight excluding hydrogens is 387 g/mol. The van der Waals surface area contributed by atoms with Crippen molar-refractivity contribution in [1.82, 2.24) is 0 Å². The SMILES string of the molecule is CCOc1ccc(Br)cc1C(Br)Cc1ccc(F)cc1. The molecule has 0 radical (unpaired) electrons. The maximum atomic E-state index is 12.9. The summed E-state index contributed by atoms with van der Waals surface area (Å²) >= 11 is 7.19. The Hall–Kier alpha value is -0.870. The lowest BCUT2D eigenvalue weighted by Gasteiger charge is -2.16. The predicted molar refractivity (Wildman–Crippen MR) is 87.1 cm³/mol. The van der Waals surface area contributed by atoms with Gasteiger partial charge in [-0.1, -0.05) is 44.0 Å². The second kappa shape index (κ2) is 7.23. The molecule has 1 unspecified atom stereocenters. The largest absolute Gasteiger partial charge is 0.494 e. The molecule has 0 N–H and O–H groups in total. The summed E-state index contributed by atoms with van der Waals surface area (Å²) in [6.45, 7) is 2.60. The fraction of sp³-hybridized carbons (Fsp3) is 0.250. The van der Waals surface area contributed by atoms with Crippen molar-refractivity contribution >= 4 is 31.9 Å². The third-order valence-electron chi connectivity index (χ3n) is 2.94. The standard InChI is InChI=1S/C16H15Br2FO/c1-2-20-16-8-5-12(17)10-14(16)15(18)9-11-3-6-13(19)7-4-11/h3-8,10,15H,2,9H2,1H3. The topological polar surface area (TPSA) is 9.23 Å². The number of halogens is 3. The van der Waals surface area contributed by atoms with Gasteiger partial charge in [0, 0.05) is 14.9 Å². The molecule has 0 fully saturated rings. The molecule has 2 aromatic carbocycles. The number of hydrogen-bond donors (Lipinski definition) is 0. The third kappa shape index (κ3) is 4.06. The van der Waals surface area contributed by atoms with Crippen molar-refractivity contribution in [3.8, 4) is 5.75 Å². The quantitative estimate of drug-likeness (QED) is 0.587. The Kier molecular flexibility index (Phi) is 5.61. The first kappa shape index (κ1) is 15.5.